The number of rotatable bonds is 4. The fourth-order valence-corrected chi connectivity index (χ4v) is 2.82. The van der Waals surface area contributed by atoms with Crippen LogP contribution in [-0.4, -0.2) is 21.4 Å². The first-order valence-corrected chi connectivity index (χ1v) is 7.79. The molecule has 2 aromatic carbocycles. The summed E-state index contributed by atoms with van der Waals surface area (Å²) in [6.45, 7) is -2.87. The van der Waals surface area contributed by atoms with E-state index in [4.69, 9.17) is 0 Å². The molecule has 1 aliphatic rings. The number of nitrogens with zero attached hydrogens (tertiary/aromatic N) is 3. The number of nitrogens with one attached hydrogen (secondary N) is 1. The Morgan fingerprint density at radius 1 is 1.04 bits per heavy atom. The molecule has 1 N–H and O–H groups in total. The molecule has 0 spiro atoms. The Bertz CT molecular complexity index is 936. The fraction of sp³-hybridized carbons (Fsp3) is 0.111. The third kappa shape index (κ3) is 3.13. The second-order valence-corrected chi connectivity index (χ2v) is 5.63. The van der Waals surface area contributed by atoms with E-state index in [0.717, 1.165) is 16.8 Å². The van der Waals surface area contributed by atoms with E-state index in [1.54, 1.807) is 28.9 Å². The average Bonchev–Trinajstić information content (AvgIpc) is 3.10. The lowest BCUT2D eigenvalue weighted by atomic mass is 10.0. The van der Waals surface area contributed by atoms with Crippen LogP contribution in [0.15, 0.2) is 60.9 Å². The van der Waals surface area contributed by atoms with E-state index >= 15 is 0 Å². The van der Waals surface area contributed by atoms with Gasteiger partial charge in [0, 0.05) is 5.70 Å². The maximum atomic E-state index is 13.2. The van der Waals surface area contributed by atoms with Crippen LogP contribution in [0.3, 0.4) is 0 Å². The first-order valence-electron chi connectivity index (χ1n) is 7.79. The summed E-state index contributed by atoms with van der Waals surface area (Å²) in [7, 11) is 0. The standard InChI is InChI=1S/C18H13F3N4O/c19-13-5-1-12(2-6-13)16-9-15(24-18-22-10-23-25(16)18)11-3-7-14(8-4-11)26-17(20)21/h1-10,16-17H,(H,22,23,24)/t16-/m0/s1. The number of aromatic nitrogens is 3. The van der Waals surface area contributed by atoms with Crippen LogP contribution in [0.5, 0.6) is 5.75 Å². The molecule has 0 bridgehead atoms. The van der Waals surface area contributed by atoms with Gasteiger partial charge < -0.3 is 10.1 Å². The van der Waals surface area contributed by atoms with Crippen molar-refractivity contribution in [3.05, 3.63) is 77.9 Å². The minimum Gasteiger partial charge on any atom is -0.435 e. The van der Waals surface area contributed by atoms with Crippen LogP contribution in [-0.2, 0) is 0 Å². The summed E-state index contributed by atoms with van der Waals surface area (Å²) in [4.78, 5) is 4.18. The summed E-state index contributed by atoms with van der Waals surface area (Å²) < 4.78 is 43.8. The number of allylic oxidation sites excluding steroid dienone is 1. The Balaban J connectivity index is 1.69. The highest BCUT2D eigenvalue weighted by Gasteiger charge is 2.23. The Labute approximate surface area is 146 Å². The second kappa shape index (κ2) is 6.55. The van der Waals surface area contributed by atoms with Crippen LogP contribution in [0.2, 0.25) is 0 Å². The topological polar surface area (TPSA) is 52.0 Å². The Kier molecular flexibility index (Phi) is 4.08. The number of benzene rings is 2. The van der Waals surface area contributed by atoms with Gasteiger partial charge in [0.1, 0.15) is 23.9 Å². The zero-order valence-corrected chi connectivity index (χ0v) is 13.3. The van der Waals surface area contributed by atoms with Gasteiger partial charge in [-0.05, 0) is 53.6 Å². The second-order valence-electron chi connectivity index (χ2n) is 5.63. The lowest BCUT2D eigenvalue weighted by Gasteiger charge is -2.24. The Hall–Kier alpha value is -3.29. The Morgan fingerprint density at radius 3 is 2.46 bits per heavy atom. The minimum absolute atomic E-state index is 0.0819. The number of halogens is 3. The predicted octanol–water partition coefficient (Wildman–Crippen LogP) is 4.07. The summed E-state index contributed by atoms with van der Waals surface area (Å²) in [5.41, 5.74) is 2.35. The van der Waals surface area contributed by atoms with Crippen LogP contribution >= 0.6 is 0 Å². The van der Waals surface area contributed by atoms with Crippen molar-refractivity contribution in [2.75, 3.05) is 5.32 Å². The van der Waals surface area contributed by atoms with Gasteiger partial charge >= 0.3 is 6.61 Å². The molecular weight excluding hydrogens is 345 g/mol. The molecular formula is C18H13F3N4O. The van der Waals surface area contributed by atoms with E-state index in [9.17, 15) is 13.2 Å². The average molecular weight is 358 g/mol. The van der Waals surface area contributed by atoms with Crippen molar-refractivity contribution < 1.29 is 17.9 Å². The fourth-order valence-electron chi connectivity index (χ4n) is 2.82. The number of hydrogen-bond acceptors (Lipinski definition) is 4. The van der Waals surface area contributed by atoms with Gasteiger partial charge in [0.2, 0.25) is 5.95 Å². The van der Waals surface area contributed by atoms with Gasteiger partial charge in [-0.2, -0.15) is 18.9 Å². The van der Waals surface area contributed by atoms with Gasteiger partial charge in [0.25, 0.3) is 0 Å². The summed E-state index contributed by atoms with van der Waals surface area (Å²) >= 11 is 0. The predicted molar refractivity (Wildman–Crippen MR) is 89.2 cm³/mol. The molecule has 0 aliphatic carbocycles. The van der Waals surface area contributed by atoms with Crippen molar-refractivity contribution >= 4 is 11.6 Å². The van der Waals surface area contributed by atoms with Gasteiger partial charge in [0.15, 0.2) is 0 Å². The lowest BCUT2D eigenvalue weighted by molar-refractivity contribution is -0.0498. The molecule has 132 valence electrons. The molecule has 1 aliphatic heterocycles. The smallest absolute Gasteiger partial charge is 0.387 e. The number of alkyl halides is 2. The van der Waals surface area contributed by atoms with Crippen LogP contribution < -0.4 is 10.1 Å². The normalized spacial score (nSPS) is 16.0. The van der Waals surface area contributed by atoms with Crippen LogP contribution in [0.25, 0.3) is 5.70 Å². The van der Waals surface area contributed by atoms with Gasteiger partial charge in [-0.1, -0.05) is 12.1 Å². The third-order valence-electron chi connectivity index (χ3n) is 4.01. The molecule has 1 aromatic heterocycles. The molecule has 0 radical (unpaired) electrons. The van der Waals surface area contributed by atoms with Crippen LogP contribution in [0, 0.1) is 5.82 Å². The van der Waals surface area contributed by atoms with Gasteiger partial charge in [0.05, 0.1) is 0 Å². The molecule has 0 unspecified atom stereocenters. The first kappa shape index (κ1) is 16.2. The summed E-state index contributed by atoms with van der Waals surface area (Å²) in [5, 5.41) is 7.37. The molecule has 3 aromatic rings. The highest BCUT2D eigenvalue weighted by molar-refractivity contribution is 5.77. The van der Waals surface area contributed by atoms with E-state index in [-0.39, 0.29) is 17.6 Å². The summed E-state index contributed by atoms with van der Waals surface area (Å²) in [5.74, 6) is 0.295. The molecule has 8 heteroatoms. The highest BCUT2D eigenvalue weighted by atomic mass is 19.3. The number of anilines is 1. The number of hydrogen-bond donors (Lipinski definition) is 1. The zero-order valence-electron chi connectivity index (χ0n) is 13.3. The van der Waals surface area contributed by atoms with Crippen molar-refractivity contribution in [1.29, 1.82) is 0 Å². The zero-order chi connectivity index (χ0) is 18.1. The lowest BCUT2D eigenvalue weighted by Crippen LogP contribution is -2.20. The maximum Gasteiger partial charge on any atom is 0.387 e. The number of fused-ring (bicyclic) bond motifs is 1. The van der Waals surface area contributed by atoms with Crippen LogP contribution in [0.4, 0.5) is 19.1 Å². The highest BCUT2D eigenvalue weighted by Crippen LogP contribution is 2.32. The number of ether oxygens (including phenoxy) is 1. The molecule has 0 saturated heterocycles. The van der Waals surface area contributed by atoms with Gasteiger partial charge in [-0.3, -0.25) is 0 Å². The molecule has 0 fully saturated rings. The molecule has 4 rings (SSSR count). The van der Waals surface area contributed by atoms with Crippen molar-refractivity contribution in [2.24, 2.45) is 0 Å². The van der Waals surface area contributed by atoms with E-state index in [2.05, 4.69) is 20.1 Å². The van der Waals surface area contributed by atoms with E-state index in [1.807, 2.05) is 6.08 Å². The summed E-state index contributed by atoms with van der Waals surface area (Å²) in [6.07, 6.45) is 3.34. The summed E-state index contributed by atoms with van der Waals surface area (Å²) in [6, 6.07) is 12.1. The largest absolute Gasteiger partial charge is 0.435 e. The van der Waals surface area contributed by atoms with E-state index in [1.165, 1.54) is 30.6 Å². The molecule has 0 saturated carbocycles. The molecule has 1 atom stereocenters. The first-order chi connectivity index (χ1) is 12.6. The molecule has 5 nitrogen and oxygen atoms in total. The maximum absolute atomic E-state index is 13.2. The van der Waals surface area contributed by atoms with Gasteiger partial charge in [-0.15, -0.1) is 0 Å². The third-order valence-corrected chi connectivity index (χ3v) is 4.01. The van der Waals surface area contributed by atoms with Crippen molar-refractivity contribution in [1.82, 2.24) is 14.8 Å². The van der Waals surface area contributed by atoms with Gasteiger partial charge in [-0.25, -0.2) is 9.07 Å². The van der Waals surface area contributed by atoms with Crippen molar-refractivity contribution in [2.45, 2.75) is 12.7 Å². The SMILES string of the molecule is Fc1ccc([C@@H]2C=C(c3ccc(OC(F)F)cc3)Nc3ncnn32)cc1. The van der Waals surface area contributed by atoms with Crippen LogP contribution in [0.1, 0.15) is 17.2 Å². The van der Waals surface area contributed by atoms with Crippen molar-refractivity contribution in [3.8, 4) is 5.75 Å². The molecule has 26 heavy (non-hydrogen) atoms. The van der Waals surface area contributed by atoms with Crippen molar-refractivity contribution in [3.63, 3.8) is 0 Å². The van der Waals surface area contributed by atoms with E-state index < -0.39 is 6.61 Å². The minimum atomic E-state index is -2.87. The quantitative estimate of drug-likeness (QED) is 0.764. The Morgan fingerprint density at radius 2 is 1.77 bits per heavy atom. The molecule has 2 heterocycles. The molecule has 0 amide bonds. The van der Waals surface area contributed by atoms with E-state index in [0.29, 0.717) is 5.95 Å². The monoisotopic (exact) mass is 358 g/mol.